The van der Waals surface area contributed by atoms with E-state index >= 15 is 0 Å². The van der Waals surface area contributed by atoms with Crippen molar-refractivity contribution in [2.45, 2.75) is 58.8 Å². The highest BCUT2D eigenvalue weighted by atomic mass is 16.3. The summed E-state index contributed by atoms with van der Waals surface area (Å²) < 4.78 is 0. The van der Waals surface area contributed by atoms with E-state index in [2.05, 4.69) is 0 Å². The largest absolute Gasteiger partial charge is 0.507 e. The molecule has 0 radical (unpaired) electrons. The molecule has 0 spiro atoms. The van der Waals surface area contributed by atoms with Crippen LogP contribution in [0, 0.1) is 17.2 Å². The van der Waals surface area contributed by atoms with Crippen molar-refractivity contribution < 1.29 is 15.0 Å². The van der Waals surface area contributed by atoms with Gasteiger partial charge in [0.1, 0.15) is 11.6 Å². The number of nitrogens with zero attached hydrogens (tertiary/aromatic N) is 1. The Labute approximate surface area is 198 Å². The number of rotatable bonds is 6. The van der Waals surface area contributed by atoms with Crippen molar-refractivity contribution >= 4 is 11.6 Å². The first-order valence-corrected chi connectivity index (χ1v) is 11.7. The van der Waals surface area contributed by atoms with Gasteiger partial charge in [-0.1, -0.05) is 71.9 Å². The average molecular weight is 451 g/mol. The Bertz CT molecular complexity index is 981. The van der Waals surface area contributed by atoms with Gasteiger partial charge >= 0.3 is 0 Å². The van der Waals surface area contributed by atoms with Gasteiger partial charge in [-0.05, 0) is 34.9 Å². The summed E-state index contributed by atoms with van der Waals surface area (Å²) in [6, 6.07) is 13.6. The van der Waals surface area contributed by atoms with Gasteiger partial charge in [0.05, 0.1) is 6.54 Å². The van der Waals surface area contributed by atoms with E-state index in [1.54, 1.807) is 17.0 Å². The first kappa shape index (κ1) is 25.0. The molecule has 1 saturated heterocycles. The normalized spacial score (nSPS) is 19.2. The summed E-state index contributed by atoms with van der Waals surface area (Å²) in [7, 11) is 0. The monoisotopic (exact) mass is 450 g/mol. The lowest BCUT2D eigenvalue weighted by atomic mass is 9.78. The van der Waals surface area contributed by atoms with E-state index < -0.39 is 0 Å². The minimum atomic E-state index is -0.316. The standard InChI is InChI=1S/C28H38N2O3/c1-27(2,3)22-13-19(14-23(25(22)33)28(4,5)6)24(32)16-30-15-20(17-31)21(26(30)29)12-18-10-8-7-9-11-18/h7-11,13-14,20-21,29,31,33H,12,15-17H2,1-6H3. The van der Waals surface area contributed by atoms with Gasteiger partial charge in [-0.2, -0.15) is 0 Å². The van der Waals surface area contributed by atoms with Gasteiger partial charge in [-0.15, -0.1) is 0 Å². The maximum Gasteiger partial charge on any atom is 0.182 e. The second kappa shape index (κ2) is 9.30. The van der Waals surface area contributed by atoms with E-state index in [9.17, 15) is 15.0 Å². The van der Waals surface area contributed by atoms with Crippen LogP contribution in [0.1, 0.15) is 68.6 Å². The van der Waals surface area contributed by atoms with E-state index in [0.29, 0.717) is 24.4 Å². The number of Topliss-reactive ketones (excluding diaryl/α,β-unsaturated/α-hetero) is 1. The number of benzene rings is 2. The fourth-order valence-corrected chi connectivity index (χ4v) is 4.64. The Balaban J connectivity index is 1.87. The first-order valence-electron chi connectivity index (χ1n) is 11.7. The molecule has 178 valence electrons. The summed E-state index contributed by atoms with van der Waals surface area (Å²) in [4.78, 5) is 15.2. The number of aliphatic hydroxyl groups is 1. The number of phenolic OH excluding ortho intramolecular Hbond substituents is 1. The maximum absolute atomic E-state index is 13.4. The fraction of sp³-hybridized carbons (Fsp3) is 0.500. The number of ketones is 1. The molecule has 3 N–H and O–H groups in total. The number of carbonyl (C=O) groups is 1. The SMILES string of the molecule is CC(C)(C)c1cc(C(=O)CN2CC(CO)C(Cc3ccccc3)C2=N)cc(C(C)(C)C)c1O. The fourth-order valence-electron chi connectivity index (χ4n) is 4.64. The third-order valence-corrected chi connectivity index (χ3v) is 6.63. The van der Waals surface area contributed by atoms with Gasteiger partial charge in [0.25, 0.3) is 0 Å². The van der Waals surface area contributed by atoms with Crippen LogP contribution in [0.4, 0.5) is 0 Å². The molecule has 2 unspecified atom stereocenters. The van der Waals surface area contributed by atoms with E-state index in [-0.39, 0.29) is 47.4 Å². The number of aromatic hydroxyl groups is 1. The van der Waals surface area contributed by atoms with Gasteiger partial charge in [-0.25, -0.2) is 0 Å². The minimum Gasteiger partial charge on any atom is -0.507 e. The van der Waals surface area contributed by atoms with E-state index in [1.807, 2.05) is 71.9 Å². The molecule has 0 aliphatic carbocycles. The molecule has 1 aliphatic rings. The quantitative estimate of drug-likeness (QED) is 0.545. The number of phenols is 1. The van der Waals surface area contributed by atoms with Crippen molar-refractivity contribution in [1.29, 1.82) is 5.41 Å². The first-order chi connectivity index (χ1) is 15.3. The van der Waals surface area contributed by atoms with Gasteiger partial charge in [-0.3, -0.25) is 10.2 Å². The molecule has 1 fully saturated rings. The number of hydrogen-bond donors (Lipinski definition) is 3. The molecule has 1 heterocycles. The van der Waals surface area contributed by atoms with Crippen LogP contribution in [-0.4, -0.2) is 46.4 Å². The second-order valence-electron chi connectivity index (χ2n) is 11.3. The maximum atomic E-state index is 13.4. The zero-order valence-corrected chi connectivity index (χ0v) is 20.8. The molecule has 0 amide bonds. The van der Waals surface area contributed by atoms with Crippen molar-refractivity contribution in [3.63, 3.8) is 0 Å². The lowest BCUT2D eigenvalue weighted by Gasteiger charge is -2.28. The summed E-state index contributed by atoms with van der Waals surface area (Å²) in [5, 5.41) is 29.6. The number of carbonyl (C=O) groups excluding carboxylic acids is 1. The average Bonchev–Trinajstić information content (AvgIpc) is 3.02. The van der Waals surface area contributed by atoms with Gasteiger partial charge in [0.15, 0.2) is 5.78 Å². The molecule has 2 aromatic carbocycles. The number of amidine groups is 1. The second-order valence-corrected chi connectivity index (χ2v) is 11.3. The molecule has 1 aliphatic heterocycles. The number of likely N-dealkylation sites (tertiary alicyclic amines) is 1. The number of hydrogen-bond acceptors (Lipinski definition) is 4. The number of aliphatic hydroxyl groups excluding tert-OH is 1. The highest BCUT2D eigenvalue weighted by Gasteiger charge is 2.38. The van der Waals surface area contributed by atoms with E-state index in [4.69, 9.17) is 5.41 Å². The van der Waals surface area contributed by atoms with Crippen molar-refractivity contribution in [2.24, 2.45) is 11.8 Å². The lowest BCUT2D eigenvalue weighted by Crippen LogP contribution is -2.33. The predicted molar refractivity (Wildman–Crippen MR) is 133 cm³/mol. The minimum absolute atomic E-state index is 0.00781. The molecule has 33 heavy (non-hydrogen) atoms. The summed E-state index contributed by atoms with van der Waals surface area (Å²) in [6.45, 7) is 12.7. The predicted octanol–water partition coefficient (Wildman–Crippen LogP) is 4.93. The van der Waals surface area contributed by atoms with E-state index in [1.165, 1.54) is 0 Å². The summed E-state index contributed by atoms with van der Waals surface area (Å²) >= 11 is 0. The van der Waals surface area contributed by atoms with Gasteiger partial charge in [0.2, 0.25) is 0 Å². The Morgan fingerprint density at radius 1 is 1.03 bits per heavy atom. The molecule has 0 aromatic heterocycles. The highest BCUT2D eigenvalue weighted by Crippen LogP contribution is 2.40. The summed E-state index contributed by atoms with van der Waals surface area (Å²) in [6.07, 6.45) is 0.678. The Morgan fingerprint density at radius 3 is 2.06 bits per heavy atom. The zero-order chi connectivity index (χ0) is 24.6. The zero-order valence-electron chi connectivity index (χ0n) is 20.8. The Kier molecular flexibility index (Phi) is 7.04. The summed E-state index contributed by atoms with van der Waals surface area (Å²) in [5.41, 5.74) is 2.56. The van der Waals surface area contributed by atoms with Crippen LogP contribution in [0.2, 0.25) is 0 Å². The molecule has 0 saturated carbocycles. The van der Waals surface area contributed by atoms with E-state index in [0.717, 1.165) is 16.7 Å². The molecule has 3 rings (SSSR count). The van der Waals surface area contributed by atoms with Crippen LogP contribution in [-0.2, 0) is 17.3 Å². The molecular weight excluding hydrogens is 412 g/mol. The molecule has 2 atom stereocenters. The molecule has 5 heteroatoms. The van der Waals surface area contributed by atoms with Gasteiger partial charge < -0.3 is 15.1 Å². The Morgan fingerprint density at radius 2 is 1.58 bits per heavy atom. The molecule has 5 nitrogen and oxygen atoms in total. The van der Waals surface area contributed by atoms with Crippen molar-refractivity contribution in [2.75, 3.05) is 19.7 Å². The third-order valence-electron chi connectivity index (χ3n) is 6.63. The van der Waals surface area contributed by atoms with Crippen molar-refractivity contribution in [1.82, 2.24) is 4.90 Å². The van der Waals surface area contributed by atoms with Crippen LogP contribution < -0.4 is 0 Å². The third kappa shape index (κ3) is 5.47. The van der Waals surface area contributed by atoms with Crippen molar-refractivity contribution in [3.05, 3.63) is 64.7 Å². The van der Waals surface area contributed by atoms with Crippen molar-refractivity contribution in [3.8, 4) is 5.75 Å². The molecule has 0 bridgehead atoms. The highest BCUT2D eigenvalue weighted by molar-refractivity contribution is 6.01. The van der Waals surface area contributed by atoms with Crippen LogP contribution in [0.5, 0.6) is 5.75 Å². The Hall–Kier alpha value is -2.66. The van der Waals surface area contributed by atoms with Crippen LogP contribution >= 0.6 is 0 Å². The van der Waals surface area contributed by atoms with Crippen LogP contribution in [0.25, 0.3) is 0 Å². The topological polar surface area (TPSA) is 84.6 Å². The lowest BCUT2D eigenvalue weighted by molar-refractivity contribution is 0.0959. The molecular formula is C28H38N2O3. The van der Waals surface area contributed by atoms with Crippen LogP contribution in [0.15, 0.2) is 42.5 Å². The smallest absolute Gasteiger partial charge is 0.182 e. The molecule has 2 aromatic rings. The van der Waals surface area contributed by atoms with Gasteiger partial charge in [0, 0.05) is 41.7 Å². The number of nitrogens with one attached hydrogen (secondary N) is 1. The summed E-state index contributed by atoms with van der Waals surface area (Å²) in [5.74, 6) is 0.412. The van der Waals surface area contributed by atoms with Crippen LogP contribution in [0.3, 0.4) is 0 Å².